The van der Waals surface area contributed by atoms with Gasteiger partial charge in [0.05, 0.1) is 19.8 Å². The normalized spacial score (nSPS) is 11.9. The van der Waals surface area contributed by atoms with Gasteiger partial charge in [0.25, 0.3) is 0 Å². The number of nitrogens with one attached hydrogen (secondary N) is 1. The van der Waals surface area contributed by atoms with Gasteiger partial charge in [-0.05, 0) is 13.8 Å². The zero-order valence-electron chi connectivity index (χ0n) is 8.97. The van der Waals surface area contributed by atoms with Crippen molar-refractivity contribution in [3.8, 4) is 0 Å². The lowest BCUT2D eigenvalue weighted by atomic mass is 10.7. The Labute approximate surface area is 89.0 Å². The van der Waals surface area contributed by atoms with Crippen LogP contribution in [0.3, 0.4) is 0 Å². The summed E-state index contributed by atoms with van der Waals surface area (Å²) in [5, 5.41) is 11.2. The Morgan fingerprint density at radius 2 is 1.73 bits per heavy atom. The first-order valence-corrected chi connectivity index (χ1v) is 6.44. The van der Waals surface area contributed by atoms with E-state index in [9.17, 15) is 4.57 Å². The fourth-order valence-electron chi connectivity index (χ4n) is 0.626. The van der Waals surface area contributed by atoms with Gasteiger partial charge >= 0.3 is 7.60 Å². The summed E-state index contributed by atoms with van der Waals surface area (Å²) >= 11 is 0. The zero-order valence-corrected chi connectivity index (χ0v) is 9.87. The molecule has 0 heterocycles. The molecule has 0 aromatic heterocycles. The van der Waals surface area contributed by atoms with Crippen molar-refractivity contribution in [2.24, 2.45) is 0 Å². The summed E-state index contributed by atoms with van der Waals surface area (Å²) in [6, 6.07) is 0. The molecule has 0 aromatic rings. The van der Waals surface area contributed by atoms with Crippen molar-refractivity contribution in [1.82, 2.24) is 5.32 Å². The average Bonchev–Trinajstić information content (AvgIpc) is 2.24. The third kappa shape index (κ3) is 7.87. The summed E-state index contributed by atoms with van der Waals surface area (Å²) < 4.78 is 21.0. The summed E-state index contributed by atoms with van der Waals surface area (Å²) in [7, 11) is -3.45. The summed E-state index contributed by atoms with van der Waals surface area (Å²) in [6.07, 6.45) is -0.0897. The molecule has 0 saturated carbocycles. The van der Waals surface area contributed by atoms with E-state index in [1.165, 1.54) is 0 Å². The van der Waals surface area contributed by atoms with Crippen molar-refractivity contribution in [2.75, 3.05) is 32.7 Å². The van der Waals surface area contributed by atoms with E-state index in [1.807, 2.05) is 0 Å². The molecule has 0 aromatic carbocycles. The highest BCUT2D eigenvalue weighted by molar-refractivity contribution is 7.53. The Morgan fingerprint density at radius 1 is 1.20 bits per heavy atom. The summed E-state index contributed by atoms with van der Waals surface area (Å²) in [6.45, 7) is 4.09. The molecule has 0 rings (SSSR count). The van der Waals surface area contributed by atoms with Gasteiger partial charge in [-0.3, -0.25) is 4.57 Å². The van der Waals surface area contributed by atoms with Gasteiger partial charge in [0.1, 0.15) is 6.29 Å². The van der Waals surface area contributed by atoms with E-state index < -0.39 is 7.60 Å². The Morgan fingerprint density at radius 3 is 2.13 bits per heavy atom. The molecule has 0 fully saturated rings. The van der Waals surface area contributed by atoms with Crippen LogP contribution in [0.4, 0.5) is 0 Å². The fourth-order valence-corrected chi connectivity index (χ4v) is 1.72. The minimum Gasteiger partial charge on any atom is -0.395 e. The largest absolute Gasteiger partial charge is 0.397 e. The second kappa shape index (κ2) is 9.23. The number of aliphatic hydroxyl groups is 1. The van der Waals surface area contributed by atoms with Gasteiger partial charge in [-0.15, -0.1) is 9.35 Å². The predicted octanol–water partition coefficient (Wildman–Crippen LogP) is 0.655. The Kier molecular flexibility index (Phi) is 9.23. The van der Waals surface area contributed by atoms with E-state index in [2.05, 4.69) is 24.4 Å². The summed E-state index contributed by atoms with van der Waals surface area (Å²) in [4.78, 5) is 9.11. The minimum absolute atomic E-state index is 0.0662. The van der Waals surface area contributed by atoms with Crippen LogP contribution in [0.15, 0.2) is 0 Å². The van der Waals surface area contributed by atoms with Crippen LogP contribution < -0.4 is 5.32 Å². The first-order chi connectivity index (χ1) is 7.18. The van der Waals surface area contributed by atoms with Crippen molar-refractivity contribution in [2.45, 2.75) is 13.8 Å². The van der Waals surface area contributed by atoms with Crippen LogP contribution in [-0.2, 0) is 23.7 Å². The van der Waals surface area contributed by atoms with Crippen LogP contribution in [0.5, 0.6) is 0 Å². The molecule has 0 saturated heterocycles. The maximum atomic E-state index is 11.8. The lowest BCUT2D eigenvalue weighted by molar-refractivity contribution is -0.263. The lowest BCUT2D eigenvalue weighted by Gasteiger charge is -2.15. The number of rotatable bonds is 10. The van der Waals surface area contributed by atoms with Crippen LogP contribution in [0.25, 0.3) is 0 Å². The number of hydrogen-bond acceptors (Lipinski definition) is 7. The second-order valence-corrected chi connectivity index (χ2v) is 4.29. The predicted molar refractivity (Wildman–Crippen MR) is 53.0 cm³/mol. The van der Waals surface area contributed by atoms with E-state index in [0.29, 0.717) is 0 Å². The van der Waals surface area contributed by atoms with Crippen molar-refractivity contribution < 1.29 is 28.8 Å². The van der Waals surface area contributed by atoms with E-state index in [-0.39, 0.29) is 32.7 Å². The van der Waals surface area contributed by atoms with Crippen molar-refractivity contribution in [3.63, 3.8) is 0 Å². The first-order valence-electron chi connectivity index (χ1n) is 4.71. The van der Waals surface area contributed by atoms with Crippen LogP contribution >= 0.6 is 7.60 Å². The third-order valence-electron chi connectivity index (χ3n) is 1.16. The minimum atomic E-state index is -3.45. The smallest absolute Gasteiger partial charge is 0.395 e. The van der Waals surface area contributed by atoms with Crippen LogP contribution in [0.1, 0.15) is 13.8 Å². The van der Waals surface area contributed by atoms with Gasteiger partial charge in [-0.2, -0.15) is 0 Å². The maximum Gasteiger partial charge on any atom is 0.397 e. The second-order valence-electron chi connectivity index (χ2n) is 2.45. The highest BCUT2D eigenvalue weighted by Crippen LogP contribution is 2.47. The fraction of sp³-hybridized carbons (Fsp3) is 1.00. The molecule has 7 nitrogen and oxygen atoms in total. The molecule has 8 heteroatoms. The van der Waals surface area contributed by atoms with Gasteiger partial charge in [0.2, 0.25) is 0 Å². The molecule has 0 spiro atoms. The van der Waals surface area contributed by atoms with Crippen molar-refractivity contribution >= 4 is 7.60 Å². The Hall–Kier alpha value is -0.0100. The maximum absolute atomic E-state index is 11.8. The van der Waals surface area contributed by atoms with Gasteiger partial charge < -0.3 is 10.4 Å². The van der Waals surface area contributed by atoms with Gasteiger partial charge in [0.15, 0.2) is 0 Å². The van der Waals surface area contributed by atoms with Crippen LogP contribution in [0.2, 0.25) is 0 Å². The average molecular weight is 243 g/mol. The van der Waals surface area contributed by atoms with Crippen LogP contribution in [0, 0.1) is 0 Å². The molecule has 0 bridgehead atoms. The molecule has 15 heavy (non-hydrogen) atoms. The van der Waals surface area contributed by atoms with Gasteiger partial charge in [-0.1, -0.05) is 0 Å². The summed E-state index contributed by atoms with van der Waals surface area (Å²) in [5.41, 5.74) is 0. The molecule has 0 amide bonds. The molecular weight excluding hydrogens is 225 g/mol. The monoisotopic (exact) mass is 243 g/mol. The molecule has 0 aliphatic carbocycles. The van der Waals surface area contributed by atoms with Crippen molar-refractivity contribution in [1.29, 1.82) is 0 Å². The van der Waals surface area contributed by atoms with E-state index in [0.717, 1.165) is 0 Å². The quantitative estimate of drug-likeness (QED) is 0.252. The topological polar surface area (TPSA) is 86.3 Å². The lowest BCUT2D eigenvalue weighted by Crippen LogP contribution is -2.21. The number of aliphatic hydroxyl groups excluding tert-OH is 1. The molecular formula is C7H18NO6P. The molecule has 2 N–H and O–H groups in total. The first kappa shape index (κ1) is 15.0. The molecule has 0 aliphatic rings. The molecule has 0 atom stereocenters. The Balaban J connectivity index is 3.96. The van der Waals surface area contributed by atoms with E-state index in [4.69, 9.17) is 5.11 Å². The highest BCUT2D eigenvalue weighted by Gasteiger charge is 2.27. The van der Waals surface area contributed by atoms with Crippen molar-refractivity contribution in [3.05, 3.63) is 0 Å². The Bertz CT molecular complexity index is 178. The molecule has 0 radical (unpaired) electrons. The SMILES string of the molecule is CCOOP(=O)(CNCCO)OOCC. The molecule has 92 valence electrons. The summed E-state index contributed by atoms with van der Waals surface area (Å²) in [5.74, 6) is 0. The van der Waals surface area contributed by atoms with Crippen LogP contribution in [-0.4, -0.2) is 37.8 Å². The van der Waals surface area contributed by atoms with Gasteiger partial charge in [0, 0.05) is 6.54 Å². The van der Waals surface area contributed by atoms with E-state index >= 15 is 0 Å². The highest BCUT2D eigenvalue weighted by atomic mass is 31.2. The molecule has 0 unspecified atom stereocenters. The number of hydrogen-bond donors (Lipinski definition) is 2. The van der Waals surface area contributed by atoms with Gasteiger partial charge in [-0.25, -0.2) is 9.78 Å². The zero-order chi connectivity index (χ0) is 11.6. The third-order valence-corrected chi connectivity index (χ3v) is 2.44. The van der Waals surface area contributed by atoms with E-state index in [1.54, 1.807) is 13.8 Å². The molecule has 0 aliphatic heterocycles. The standard InChI is InChI=1S/C7H18NO6P/c1-3-11-13-15(10,14-12-4-2)7-8-5-6-9/h8-9H,3-7H2,1-2H3.